The SMILES string of the molecule is COC(=O)Cc1cc2c(cc1Br)CCCC2. The fraction of sp³-hybridized carbons (Fsp3) is 0.462. The van der Waals surface area contributed by atoms with Gasteiger partial charge < -0.3 is 4.74 Å². The summed E-state index contributed by atoms with van der Waals surface area (Å²) in [5, 5.41) is 0. The van der Waals surface area contributed by atoms with Gasteiger partial charge in [0.05, 0.1) is 13.5 Å². The van der Waals surface area contributed by atoms with E-state index in [0.29, 0.717) is 6.42 Å². The molecule has 1 aliphatic rings. The number of aryl methyl sites for hydroxylation is 2. The van der Waals surface area contributed by atoms with Gasteiger partial charge in [0.1, 0.15) is 0 Å². The summed E-state index contributed by atoms with van der Waals surface area (Å²) in [4.78, 5) is 11.3. The molecule has 0 spiro atoms. The number of fused-ring (bicyclic) bond motifs is 1. The van der Waals surface area contributed by atoms with E-state index in [9.17, 15) is 4.79 Å². The molecule has 0 atom stereocenters. The number of halogens is 1. The van der Waals surface area contributed by atoms with Crippen LogP contribution in [0.5, 0.6) is 0 Å². The third-order valence-electron chi connectivity index (χ3n) is 3.07. The highest BCUT2D eigenvalue weighted by molar-refractivity contribution is 9.10. The molecule has 0 aromatic heterocycles. The van der Waals surface area contributed by atoms with Gasteiger partial charge >= 0.3 is 5.97 Å². The van der Waals surface area contributed by atoms with Crippen molar-refractivity contribution in [1.29, 1.82) is 0 Å². The zero-order valence-corrected chi connectivity index (χ0v) is 11.0. The first-order valence-electron chi connectivity index (χ1n) is 5.57. The van der Waals surface area contributed by atoms with Crippen LogP contribution in [0.25, 0.3) is 0 Å². The molecule has 16 heavy (non-hydrogen) atoms. The van der Waals surface area contributed by atoms with Gasteiger partial charge in [-0.3, -0.25) is 4.79 Å². The van der Waals surface area contributed by atoms with Crippen LogP contribution >= 0.6 is 15.9 Å². The standard InChI is InChI=1S/C13H15BrO2/c1-16-13(15)8-11-6-9-4-2-3-5-10(9)7-12(11)14/h6-7H,2-5,8H2,1H3. The summed E-state index contributed by atoms with van der Waals surface area (Å²) in [6.45, 7) is 0. The number of carbonyl (C=O) groups is 1. The van der Waals surface area contributed by atoms with Crippen molar-refractivity contribution in [2.75, 3.05) is 7.11 Å². The summed E-state index contributed by atoms with van der Waals surface area (Å²) in [7, 11) is 1.43. The molecule has 3 heteroatoms. The van der Waals surface area contributed by atoms with E-state index in [1.54, 1.807) is 0 Å². The number of rotatable bonds is 2. The highest BCUT2D eigenvalue weighted by atomic mass is 79.9. The van der Waals surface area contributed by atoms with Gasteiger partial charge in [-0.2, -0.15) is 0 Å². The number of methoxy groups -OCH3 is 1. The van der Waals surface area contributed by atoms with Crippen molar-refractivity contribution >= 4 is 21.9 Å². The van der Waals surface area contributed by atoms with E-state index in [0.717, 1.165) is 22.9 Å². The molecule has 0 unspecified atom stereocenters. The van der Waals surface area contributed by atoms with Crippen molar-refractivity contribution < 1.29 is 9.53 Å². The maximum atomic E-state index is 11.3. The van der Waals surface area contributed by atoms with Crippen molar-refractivity contribution in [3.63, 3.8) is 0 Å². The molecule has 0 N–H and O–H groups in total. The summed E-state index contributed by atoms with van der Waals surface area (Å²) in [6, 6.07) is 4.31. The summed E-state index contributed by atoms with van der Waals surface area (Å²) in [5.74, 6) is -0.184. The van der Waals surface area contributed by atoms with Crippen LogP contribution in [0.2, 0.25) is 0 Å². The van der Waals surface area contributed by atoms with Gasteiger partial charge in [0.25, 0.3) is 0 Å². The molecule has 1 aliphatic carbocycles. The van der Waals surface area contributed by atoms with Crippen molar-refractivity contribution in [2.45, 2.75) is 32.1 Å². The predicted molar refractivity (Wildman–Crippen MR) is 66.5 cm³/mol. The van der Waals surface area contributed by atoms with E-state index in [2.05, 4.69) is 28.1 Å². The Hall–Kier alpha value is -0.830. The maximum Gasteiger partial charge on any atom is 0.310 e. The highest BCUT2D eigenvalue weighted by Crippen LogP contribution is 2.28. The number of carbonyl (C=O) groups excluding carboxylic acids is 1. The Bertz CT molecular complexity index is 413. The number of hydrogen-bond donors (Lipinski definition) is 0. The monoisotopic (exact) mass is 282 g/mol. The van der Waals surface area contributed by atoms with Crippen LogP contribution in [0.1, 0.15) is 29.5 Å². The Morgan fingerprint density at radius 1 is 1.31 bits per heavy atom. The smallest absolute Gasteiger partial charge is 0.310 e. The van der Waals surface area contributed by atoms with E-state index in [-0.39, 0.29) is 5.97 Å². The zero-order valence-electron chi connectivity index (χ0n) is 9.38. The quantitative estimate of drug-likeness (QED) is 0.780. The summed E-state index contributed by atoms with van der Waals surface area (Å²) in [5.41, 5.74) is 3.85. The van der Waals surface area contributed by atoms with Gasteiger partial charge in [-0.15, -0.1) is 0 Å². The number of ether oxygens (including phenoxy) is 1. The second-order valence-corrected chi connectivity index (χ2v) is 5.03. The molecule has 0 saturated heterocycles. The molecule has 0 saturated carbocycles. The third-order valence-corrected chi connectivity index (χ3v) is 3.81. The predicted octanol–water partition coefficient (Wildman–Crippen LogP) is 3.04. The van der Waals surface area contributed by atoms with Crippen molar-refractivity contribution in [2.24, 2.45) is 0 Å². The molecule has 0 amide bonds. The normalized spacial score (nSPS) is 14.4. The highest BCUT2D eigenvalue weighted by Gasteiger charge is 2.14. The van der Waals surface area contributed by atoms with E-state index in [1.165, 1.54) is 31.1 Å². The molecule has 0 radical (unpaired) electrons. The lowest BCUT2D eigenvalue weighted by molar-refractivity contribution is -0.139. The van der Waals surface area contributed by atoms with Gasteiger partial charge in [-0.05, 0) is 48.4 Å². The molecule has 1 aromatic carbocycles. The Kier molecular flexibility index (Phi) is 3.64. The maximum absolute atomic E-state index is 11.3. The molecule has 86 valence electrons. The summed E-state index contributed by atoms with van der Waals surface area (Å²) >= 11 is 3.53. The zero-order chi connectivity index (χ0) is 11.5. The van der Waals surface area contributed by atoms with Gasteiger partial charge in [0.15, 0.2) is 0 Å². The number of esters is 1. The lowest BCUT2D eigenvalue weighted by Crippen LogP contribution is -2.08. The van der Waals surface area contributed by atoms with Crippen molar-refractivity contribution in [1.82, 2.24) is 0 Å². The third kappa shape index (κ3) is 2.46. The Labute approximate surface area is 104 Å². The minimum Gasteiger partial charge on any atom is -0.469 e. The average molecular weight is 283 g/mol. The molecule has 2 rings (SSSR count). The van der Waals surface area contributed by atoms with E-state index < -0.39 is 0 Å². The summed E-state index contributed by atoms with van der Waals surface area (Å²) < 4.78 is 5.72. The average Bonchev–Trinajstić information content (AvgIpc) is 2.30. The number of hydrogen-bond acceptors (Lipinski definition) is 2. The summed E-state index contributed by atoms with van der Waals surface area (Å²) in [6.07, 6.45) is 5.18. The Balaban J connectivity index is 2.28. The van der Waals surface area contributed by atoms with Gasteiger partial charge in [-0.25, -0.2) is 0 Å². The largest absolute Gasteiger partial charge is 0.469 e. The number of benzene rings is 1. The lowest BCUT2D eigenvalue weighted by Gasteiger charge is -2.17. The van der Waals surface area contributed by atoms with Crippen LogP contribution in [0.4, 0.5) is 0 Å². The Morgan fingerprint density at radius 3 is 2.56 bits per heavy atom. The second kappa shape index (κ2) is 5.00. The molecular formula is C13H15BrO2. The van der Waals surface area contributed by atoms with Crippen LogP contribution < -0.4 is 0 Å². The lowest BCUT2D eigenvalue weighted by atomic mass is 9.90. The molecule has 0 heterocycles. The molecule has 2 nitrogen and oxygen atoms in total. The van der Waals surface area contributed by atoms with Crippen LogP contribution in [-0.4, -0.2) is 13.1 Å². The first-order valence-corrected chi connectivity index (χ1v) is 6.37. The minimum absolute atomic E-state index is 0.184. The van der Waals surface area contributed by atoms with Gasteiger partial charge in [-0.1, -0.05) is 22.0 Å². The minimum atomic E-state index is -0.184. The van der Waals surface area contributed by atoms with E-state index in [1.807, 2.05) is 0 Å². The van der Waals surface area contributed by atoms with Crippen LogP contribution in [0, 0.1) is 0 Å². The molecule has 1 aromatic rings. The van der Waals surface area contributed by atoms with Crippen LogP contribution in [0.3, 0.4) is 0 Å². The first kappa shape index (κ1) is 11.6. The topological polar surface area (TPSA) is 26.3 Å². The molecule has 0 fully saturated rings. The van der Waals surface area contributed by atoms with Gasteiger partial charge in [0.2, 0.25) is 0 Å². The molecular weight excluding hydrogens is 268 g/mol. The molecule has 0 bridgehead atoms. The van der Waals surface area contributed by atoms with E-state index in [4.69, 9.17) is 4.74 Å². The fourth-order valence-electron chi connectivity index (χ4n) is 2.17. The van der Waals surface area contributed by atoms with Crippen molar-refractivity contribution in [3.05, 3.63) is 33.3 Å². The van der Waals surface area contributed by atoms with Crippen LogP contribution in [0.15, 0.2) is 16.6 Å². The fourth-order valence-corrected chi connectivity index (χ4v) is 2.70. The first-order chi connectivity index (χ1) is 7.70. The van der Waals surface area contributed by atoms with Gasteiger partial charge in [0, 0.05) is 4.47 Å². The van der Waals surface area contributed by atoms with Crippen molar-refractivity contribution in [3.8, 4) is 0 Å². The van der Waals surface area contributed by atoms with E-state index >= 15 is 0 Å². The second-order valence-electron chi connectivity index (χ2n) is 4.17. The van der Waals surface area contributed by atoms with Crippen LogP contribution in [-0.2, 0) is 28.8 Å². The Morgan fingerprint density at radius 2 is 1.94 bits per heavy atom. The molecule has 0 aliphatic heterocycles.